The fourth-order valence-corrected chi connectivity index (χ4v) is 4.55. The normalized spacial score (nSPS) is 18.1. The van der Waals surface area contributed by atoms with Crippen LogP contribution < -0.4 is 16.0 Å². The molecule has 0 bridgehead atoms. The lowest BCUT2D eigenvalue weighted by Crippen LogP contribution is -2.42. The highest BCUT2D eigenvalue weighted by molar-refractivity contribution is 6.30. The Morgan fingerprint density at radius 2 is 1.77 bits per heavy atom. The number of rotatable bonds is 7. The first kappa shape index (κ1) is 24.9. The maximum Gasteiger partial charge on any atom is 0.255 e. The monoisotopic (exact) mass is 497 g/mol. The minimum Gasteiger partial charge on any atom is -0.382 e. The molecular formula is C25H32ClN7O2. The molecule has 1 aliphatic rings. The molecule has 186 valence electrons. The predicted molar refractivity (Wildman–Crippen MR) is 136 cm³/mol. The minimum absolute atomic E-state index is 0.0130. The van der Waals surface area contributed by atoms with Crippen molar-refractivity contribution in [3.05, 3.63) is 41.4 Å². The fourth-order valence-electron chi connectivity index (χ4n) is 4.41. The lowest BCUT2D eigenvalue weighted by molar-refractivity contribution is -0.126. The molecule has 0 aliphatic heterocycles. The van der Waals surface area contributed by atoms with Crippen LogP contribution in [0.1, 0.15) is 63.7 Å². The summed E-state index contributed by atoms with van der Waals surface area (Å²) in [4.78, 5) is 34.4. The molecule has 0 spiro atoms. The number of hydrogen-bond acceptors (Lipinski definition) is 6. The predicted octanol–water partition coefficient (Wildman–Crippen LogP) is 4.08. The molecule has 0 unspecified atom stereocenters. The second-order valence-corrected chi connectivity index (χ2v) is 10.1. The van der Waals surface area contributed by atoms with Gasteiger partial charge >= 0.3 is 0 Å². The Bertz CT molecular complexity index is 1220. The van der Waals surface area contributed by atoms with Crippen molar-refractivity contribution in [2.24, 2.45) is 5.92 Å². The summed E-state index contributed by atoms with van der Waals surface area (Å²) in [5, 5.41) is 14.3. The molecular weight excluding hydrogens is 466 g/mol. The van der Waals surface area contributed by atoms with Crippen LogP contribution in [-0.2, 0) is 4.79 Å². The number of fused-ring (bicyclic) bond motifs is 1. The van der Waals surface area contributed by atoms with Crippen LogP contribution in [-0.4, -0.2) is 49.5 Å². The molecule has 3 aromatic heterocycles. The quantitative estimate of drug-likeness (QED) is 0.453. The van der Waals surface area contributed by atoms with Crippen molar-refractivity contribution in [2.75, 3.05) is 5.32 Å². The largest absolute Gasteiger partial charge is 0.382 e. The van der Waals surface area contributed by atoms with Gasteiger partial charge in [0.25, 0.3) is 5.91 Å². The van der Waals surface area contributed by atoms with Crippen LogP contribution in [0, 0.1) is 5.92 Å². The molecule has 1 fully saturated rings. The Morgan fingerprint density at radius 1 is 1.03 bits per heavy atom. The van der Waals surface area contributed by atoms with Gasteiger partial charge in [0.15, 0.2) is 5.65 Å². The number of anilines is 1. The highest BCUT2D eigenvalue weighted by atomic mass is 35.5. The number of pyridine rings is 1. The first-order valence-electron chi connectivity index (χ1n) is 12.1. The highest BCUT2D eigenvalue weighted by Crippen LogP contribution is 2.28. The van der Waals surface area contributed by atoms with Crippen LogP contribution >= 0.6 is 11.6 Å². The molecule has 0 atom stereocenters. The Balaban J connectivity index is 1.50. The lowest BCUT2D eigenvalue weighted by Gasteiger charge is -2.29. The van der Waals surface area contributed by atoms with E-state index >= 15 is 0 Å². The van der Waals surface area contributed by atoms with Gasteiger partial charge in [-0.3, -0.25) is 14.6 Å². The van der Waals surface area contributed by atoms with Crippen molar-refractivity contribution in [3.63, 3.8) is 0 Å². The summed E-state index contributed by atoms with van der Waals surface area (Å²) < 4.78 is 1.60. The molecule has 3 N–H and O–H groups in total. The van der Waals surface area contributed by atoms with Crippen LogP contribution in [0.5, 0.6) is 0 Å². The van der Waals surface area contributed by atoms with E-state index in [1.54, 1.807) is 29.3 Å². The van der Waals surface area contributed by atoms with Gasteiger partial charge in [0, 0.05) is 36.4 Å². The number of carbonyl (C=O) groups excluding carboxylic acids is 2. The van der Waals surface area contributed by atoms with Gasteiger partial charge in [-0.2, -0.15) is 5.10 Å². The summed E-state index contributed by atoms with van der Waals surface area (Å²) in [5.41, 5.74) is 3.22. The average molecular weight is 498 g/mol. The van der Waals surface area contributed by atoms with Crippen molar-refractivity contribution in [1.82, 2.24) is 30.2 Å². The molecule has 35 heavy (non-hydrogen) atoms. The maximum absolute atomic E-state index is 13.2. The molecule has 1 saturated carbocycles. The van der Waals surface area contributed by atoms with Gasteiger partial charge in [0.2, 0.25) is 5.91 Å². The van der Waals surface area contributed by atoms with Gasteiger partial charge in [0.05, 0.1) is 39.9 Å². The number of carbonyl (C=O) groups is 2. The Kier molecular flexibility index (Phi) is 7.54. The van der Waals surface area contributed by atoms with Crippen molar-refractivity contribution < 1.29 is 9.59 Å². The van der Waals surface area contributed by atoms with Gasteiger partial charge < -0.3 is 16.0 Å². The zero-order valence-electron chi connectivity index (χ0n) is 20.5. The Morgan fingerprint density at radius 3 is 2.46 bits per heavy atom. The minimum atomic E-state index is -0.174. The summed E-state index contributed by atoms with van der Waals surface area (Å²) in [6.07, 6.45) is 9.62. The van der Waals surface area contributed by atoms with E-state index in [1.807, 2.05) is 33.8 Å². The molecule has 3 aromatic rings. The number of amides is 2. The smallest absolute Gasteiger partial charge is 0.255 e. The van der Waals surface area contributed by atoms with Crippen molar-refractivity contribution >= 4 is 34.7 Å². The van der Waals surface area contributed by atoms with E-state index in [1.165, 1.54) is 0 Å². The maximum atomic E-state index is 13.2. The third kappa shape index (κ3) is 5.90. The molecule has 0 radical (unpaired) electrons. The second-order valence-electron chi connectivity index (χ2n) is 9.70. The molecule has 1 aliphatic carbocycles. The van der Waals surface area contributed by atoms with E-state index in [0.29, 0.717) is 27.6 Å². The molecule has 0 aromatic carbocycles. The number of hydrogen-bond donors (Lipinski definition) is 3. The van der Waals surface area contributed by atoms with E-state index in [9.17, 15) is 9.59 Å². The zero-order valence-corrected chi connectivity index (χ0v) is 21.3. The van der Waals surface area contributed by atoms with Crippen molar-refractivity contribution in [1.29, 1.82) is 0 Å². The van der Waals surface area contributed by atoms with Crippen molar-refractivity contribution in [3.8, 4) is 11.3 Å². The van der Waals surface area contributed by atoms with E-state index in [4.69, 9.17) is 11.6 Å². The Labute approximate surface area is 210 Å². The fraction of sp³-hybridized carbons (Fsp3) is 0.480. The van der Waals surface area contributed by atoms with E-state index in [-0.39, 0.29) is 35.9 Å². The number of nitrogens with one attached hydrogen (secondary N) is 3. The first-order valence-corrected chi connectivity index (χ1v) is 12.5. The summed E-state index contributed by atoms with van der Waals surface area (Å²) in [6.45, 7) is 7.97. The van der Waals surface area contributed by atoms with Crippen LogP contribution in [0.3, 0.4) is 0 Å². The van der Waals surface area contributed by atoms with Crippen molar-refractivity contribution in [2.45, 2.75) is 71.5 Å². The standard InChI is InChI=1S/C25H32ClN7O2/c1-14(2)30-22-9-21(19-12-29-33-13-17(26)10-28-23(19)33)27-11-20(22)25(35)32-18-7-5-16(6-8-18)24(34)31-15(3)4/h9-16,18H,5-8H2,1-4H3,(H,27,30)(H,31,34)(H,32,35). The third-order valence-corrected chi connectivity index (χ3v) is 6.25. The second kappa shape index (κ2) is 10.6. The Hall–Kier alpha value is -3.20. The lowest BCUT2D eigenvalue weighted by atomic mass is 9.85. The number of nitrogens with zero attached hydrogens (tertiary/aromatic N) is 4. The van der Waals surface area contributed by atoms with E-state index in [0.717, 1.165) is 31.2 Å². The molecule has 9 nitrogen and oxygen atoms in total. The van der Waals surface area contributed by atoms with E-state index < -0.39 is 0 Å². The third-order valence-electron chi connectivity index (χ3n) is 6.06. The van der Waals surface area contributed by atoms with Crippen LogP contribution in [0.4, 0.5) is 5.69 Å². The number of aromatic nitrogens is 4. The van der Waals surface area contributed by atoms with Gasteiger partial charge in [-0.15, -0.1) is 0 Å². The van der Waals surface area contributed by atoms with Gasteiger partial charge in [-0.05, 0) is 59.4 Å². The summed E-state index contributed by atoms with van der Waals surface area (Å²) in [6, 6.07) is 2.14. The highest BCUT2D eigenvalue weighted by Gasteiger charge is 2.28. The van der Waals surface area contributed by atoms with Gasteiger partial charge in [-0.25, -0.2) is 9.50 Å². The first-order chi connectivity index (χ1) is 16.7. The molecule has 10 heteroatoms. The van der Waals surface area contributed by atoms with Gasteiger partial charge in [0.1, 0.15) is 0 Å². The SMILES string of the molecule is CC(C)NC(=O)C1CCC(NC(=O)c2cnc(-c3cnn4cc(Cl)cnc34)cc2NC(C)C)CC1. The number of halogens is 1. The topological polar surface area (TPSA) is 113 Å². The van der Waals surface area contributed by atoms with Gasteiger partial charge in [-0.1, -0.05) is 11.6 Å². The summed E-state index contributed by atoms with van der Waals surface area (Å²) >= 11 is 6.02. The average Bonchev–Trinajstić information content (AvgIpc) is 3.21. The van der Waals surface area contributed by atoms with Crippen LogP contribution in [0.25, 0.3) is 16.9 Å². The zero-order chi connectivity index (χ0) is 25.1. The molecule has 2 amide bonds. The van der Waals surface area contributed by atoms with Crippen LogP contribution in [0.2, 0.25) is 5.02 Å². The van der Waals surface area contributed by atoms with Crippen LogP contribution in [0.15, 0.2) is 30.9 Å². The van der Waals surface area contributed by atoms with E-state index in [2.05, 4.69) is 31.0 Å². The summed E-state index contributed by atoms with van der Waals surface area (Å²) in [5.74, 6) is -0.0523. The summed E-state index contributed by atoms with van der Waals surface area (Å²) in [7, 11) is 0. The molecule has 4 rings (SSSR count). The molecule has 0 saturated heterocycles. The molecule has 3 heterocycles.